The fraction of sp³-hybridized carbons (Fsp3) is 0.176. The molecule has 0 spiro atoms. The average Bonchev–Trinajstić information content (AvgIpc) is 3.29. The predicted octanol–water partition coefficient (Wildman–Crippen LogP) is 3.15. The molecular formula is C17H14N2O5. The van der Waals surface area contributed by atoms with Gasteiger partial charge in [0.15, 0.2) is 11.5 Å². The number of hydrogen-bond acceptors (Lipinski definition) is 7. The van der Waals surface area contributed by atoms with Gasteiger partial charge in [0, 0.05) is 23.4 Å². The van der Waals surface area contributed by atoms with E-state index in [2.05, 4.69) is 10.1 Å². The van der Waals surface area contributed by atoms with Crippen LogP contribution in [0.1, 0.15) is 0 Å². The van der Waals surface area contributed by atoms with E-state index in [9.17, 15) is 0 Å². The van der Waals surface area contributed by atoms with Gasteiger partial charge < -0.3 is 23.5 Å². The van der Waals surface area contributed by atoms with Crippen LogP contribution >= 0.6 is 0 Å². The highest BCUT2D eigenvalue weighted by atomic mass is 16.7. The van der Waals surface area contributed by atoms with Gasteiger partial charge in [0.1, 0.15) is 12.0 Å². The lowest BCUT2D eigenvalue weighted by atomic mass is 10.0. The first-order valence-corrected chi connectivity index (χ1v) is 7.23. The zero-order chi connectivity index (χ0) is 16.5. The highest BCUT2D eigenvalue weighted by molar-refractivity contribution is 5.81. The van der Waals surface area contributed by atoms with E-state index < -0.39 is 0 Å². The van der Waals surface area contributed by atoms with E-state index in [1.54, 1.807) is 32.7 Å². The molecule has 7 nitrogen and oxygen atoms in total. The Morgan fingerprint density at radius 1 is 1.04 bits per heavy atom. The van der Waals surface area contributed by atoms with Crippen molar-refractivity contribution in [2.45, 2.75) is 0 Å². The van der Waals surface area contributed by atoms with E-state index in [-0.39, 0.29) is 6.79 Å². The maximum absolute atomic E-state index is 5.47. The Kier molecular flexibility index (Phi) is 3.45. The summed E-state index contributed by atoms with van der Waals surface area (Å²) in [6.45, 7) is 0.170. The normalized spacial score (nSPS) is 12.2. The average molecular weight is 326 g/mol. The van der Waals surface area contributed by atoms with E-state index in [4.69, 9.17) is 23.5 Å². The third-order valence-electron chi connectivity index (χ3n) is 3.76. The number of pyridine rings is 1. The van der Waals surface area contributed by atoms with Crippen molar-refractivity contribution in [1.29, 1.82) is 0 Å². The fourth-order valence-corrected chi connectivity index (χ4v) is 2.58. The van der Waals surface area contributed by atoms with Crippen LogP contribution in [-0.4, -0.2) is 31.2 Å². The molecule has 0 fully saturated rings. The molecule has 3 heterocycles. The summed E-state index contributed by atoms with van der Waals surface area (Å²) in [4.78, 5) is 4.22. The van der Waals surface area contributed by atoms with Crippen molar-refractivity contribution in [2.75, 3.05) is 21.0 Å². The van der Waals surface area contributed by atoms with Crippen molar-refractivity contribution in [3.05, 3.63) is 36.7 Å². The van der Waals surface area contributed by atoms with Gasteiger partial charge in [-0.15, -0.1) is 0 Å². The van der Waals surface area contributed by atoms with Crippen LogP contribution in [0.3, 0.4) is 0 Å². The van der Waals surface area contributed by atoms with Crippen molar-refractivity contribution in [2.24, 2.45) is 0 Å². The Hall–Kier alpha value is -3.22. The lowest BCUT2D eigenvalue weighted by molar-refractivity contribution is 0.171. The first kappa shape index (κ1) is 14.4. The minimum atomic E-state index is 0.170. The summed E-state index contributed by atoms with van der Waals surface area (Å²) in [5.74, 6) is 2.34. The Morgan fingerprint density at radius 3 is 2.71 bits per heavy atom. The Balaban J connectivity index is 1.80. The fourth-order valence-electron chi connectivity index (χ4n) is 2.58. The highest BCUT2D eigenvalue weighted by Crippen LogP contribution is 2.45. The smallest absolute Gasteiger partial charge is 0.231 e. The van der Waals surface area contributed by atoms with Crippen LogP contribution in [-0.2, 0) is 0 Å². The van der Waals surface area contributed by atoms with Gasteiger partial charge in [-0.05, 0) is 18.2 Å². The van der Waals surface area contributed by atoms with Gasteiger partial charge in [-0.1, -0.05) is 5.16 Å². The van der Waals surface area contributed by atoms with Crippen molar-refractivity contribution in [1.82, 2.24) is 10.1 Å². The molecule has 1 aliphatic heterocycles. The second kappa shape index (κ2) is 5.77. The molecule has 0 saturated carbocycles. The van der Waals surface area contributed by atoms with Crippen molar-refractivity contribution < 1.29 is 23.5 Å². The van der Waals surface area contributed by atoms with Gasteiger partial charge in [-0.3, -0.25) is 0 Å². The van der Waals surface area contributed by atoms with E-state index in [0.717, 1.165) is 16.7 Å². The van der Waals surface area contributed by atoms with Gasteiger partial charge in [0.2, 0.25) is 18.4 Å². The van der Waals surface area contributed by atoms with E-state index in [1.807, 2.05) is 18.2 Å². The molecule has 0 atom stereocenters. The largest absolute Gasteiger partial charge is 0.493 e. The van der Waals surface area contributed by atoms with E-state index in [1.165, 1.54) is 0 Å². The molecule has 2 aromatic heterocycles. The molecule has 122 valence electrons. The maximum atomic E-state index is 5.47. The molecule has 0 unspecified atom stereocenters. The number of fused-ring (bicyclic) bond motifs is 1. The molecule has 7 heteroatoms. The van der Waals surface area contributed by atoms with Gasteiger partial charge >= 0.3 is 0 Å². The lowest BCUT2D eigenvalue weighted by Crippen LogP contribution is -1.93. The molecule has 1 aliphatic rings. The molecule has 1 aromatic carbocycles. The standard InChI is InChI=1S/C17H14N2O5/c1-20-13-5-11(6-14-17(13)23-9-22-14)16-12(8-24-19-16)10-3-4-15(21-2)18-7-10/h3-8H,9H2,1-2H3. The summed E-state index contributed by atoms with van der Waals surface area (Å²) in [5, 5.41) is 4.12. The summed E-state index contributed by atoms with van der Waals surface area (Å²) < 4.78 is 26.5. The highest BCUT2D eigenvalue weighted by Gasteiger charge is 2.23. The topological polar surface area (TPSA) is 75.8 Å². The van der Waals surface area contributed by atoms with Crippen molar-refractivity contribution >= 4 is 0 Å². The molecular weight excluding hydrogens is 312 g/mol. The minimum Gasteiger partial charge on any atom is -0.493 e. The molecule has 4 rings (SSSR count). The number of methoxy groups -OCH3 is 2. The van der Waals surface area contributed by atoms with Crippen LogP contribution in [0.4, 0.5) is 0 Å². The monoisotopic (exact) mass is 326 g/mol. The molecule has 0 amide bonds. The number of benzene rings is 1. The third kappa shape index (κ3) is 2.30. The Labute approximate surface area is 137 Å². The second-order valence-electron chi connectivity index (χ2n) is 5.08. The minimum absolute atomic E-state index is 0.170. The van der Waals surface area contributed by atoms with Crippen molar-refractivity contribution in [3.8, 4) is 45.5 Å². The molecule has 0 radical (unpaired) electrons. The number of rotatable bonds is 4. The number of nitrogens with zero attached hydrogens (tertiary/aromatic N) is 2. The molecule has 3 aromatic rings. The molecule has 0 aliphatic carbocycles. The zero-order valence-corrected chi connectivity index (χ0v) is 13.1. The number of hydrogen-bond donors (Lipinski definition) is 0. The zero-order valence-electron chi connectivity index (χ0n) is 13.1. The first-order valence-electron chi connectivity index (χ1n) is 7.23. The summed E-state index contributed by atoms with van der Waals surface area (Å²) in [6.07, 6.45) is 3.29. The van der Waals surface area contributed by atoms with E-state index in [0.29, 0.717) is 28.8 Å². The second-order valence-corrected chi connectivity index (χ2v) is 5.08. The van der Waals surface area contributed by atoms with Gasteiger partial charge in [-0.25, -0.2) is 4.98 Å². The van der Waals surface area contributed by atoms with Crippen LogP contribution in [0, 0.1) is 0 Å². The molecule has 24 heavy (non-hydrogen) atoms. The number of aromatic nitrogens is 2. The summed E-state index contributed by atoms with van der Waals surface area (Å²) in [6, 6.07) is 7.37. The van der Waals surface area contributed by atoms with Crippen LogP contribution < -0.4 is 18.9 Å². The van der Waals surface area contributed by atoms with Crippen molar-refractivity contribution in [3.63, 3.8) is 0 Å². The molecule has 0 saturated heterocycles. The SMILES string of the molecule is COc1ccc(-c2conc2-c2cc(OC)c3c(c2)OCO3)cn1. The first-order chi connectivity index (χ1) is 11.8. The number of ether oxygens (including phenoxy) is 4. The van der Waals surface area contributed by atoms with Crippen LogP contribution in [0.25, 0.3) is 22.4 Å². The molecule has 0 N–H and O–H groups in total. The quantitative estimate of drug-likeness (QED) is 0.729. The van der Waals surface area contributed by atoms with E-state index >= 15 is 0 Å². The van der Waals surface area contributed by atoms with Crippen LogP contribution in [0.2, 0.25) is 0 Å². The Bertz CT molecular complexity index is 873. The lowest BCUT2D eigenvalue weighted by Gasteiger charge is -2.08. The van der Waals surface area contributed by atoms with Crippen LogP contribution in [0.5, 0.6) is 23.1 Å². The third-order valence-corrected chi connectivity index (χ3v) is 3.76. The van der Waals surface area contributed by atoms with Crippen LogP contribution in [0.15, 0.2) is 41.2 Å². The summed E-state index contributed by atoms with van der Waals surface area (Å²) in [5.41, 5.74) is 3.14. The van der Waals surface area contributed by atoms with Gasteiger partial charge in [0.05, 0.1) is 19.8 Å². The molecule has 0 bridgehead atoms. The predicted molar refractivity (Wildman–Crippen MR) is 84.4 cm³/mol. The Morgan fingerprint density at radius 2 is 1.96 bits per heavy atom. The maximum Gasteiger partial charge on any atom is 0.231 e. The summed E-state index contributed by atoms with van der Waals surface area (Å²) >= 11 is 0. The van der Waals surface area contributed by atoms with Gasteiger partial charge in [0.25, 0.3) is 0 Å². The summed E-state index contributed by atoms with van der Waals surface area (Å²) in [7, 11) is 3.16. The van der Waals surface area contributed by atoms with Gasteiger partial charge in [-0.2, -0.15) is 0 Å².